The average Bonchev–Trinajstić information content (AvgIpc) is 2.89. The molecule has 146 valence electrons. The van der Waals surface area contributed by atoms with Crippen LogP contribution in [0.2, 0.25) is 0 Å². The molecule has 2 heterocycles. The summed E-state index contributed by atoms with van der Waals surface area (Å²) in [6.45, 7) is 8.97. The van der Waals surface area contributed by atoms with E-state index in [2.05, 4.69) is 30.7 Å². The molecule has 1 amide bonds. The highest BCUT2D eigenvalue weighted by Crippen LogP contribution is 2.34. The molecule has 1 aliphatic carbocycles. The molecule has 1 aromatic heterocycles. The number of imidazole rings is 1. The predicted octanol–water partition coefficient (Wildman–Crippen LogP) is 3.77. The third kappa shape index (κ3) is 4.05. The monoisotopic (exact) mass is 362 g/mol. The number of carbonyl (C=O) groups is 1. The number of aryl methyl sites for hydroxylation is 2. The van der Waals surface area contributed by atoms with Crippen molar-refractivity contribution in [3.63, 3.8) is 0 Å². The largest absolute Gasteiger partial charge is 0.465 e. The zero-order valence-corrected chi connectivity index (χ0v) is 16.5. The fraction of sp³-hybridized carbons (Fsp3) is 0.800. The Balaban J connectivity index is 1.59. The molecule has 0 radical (unpaired) electrons. The van der Waals surface area contributed by atoms with Crippen molar-refractivity contribution in [3.8, 4) is 0 Å². The van der Waals surface area contributed by atoms with Gasteiger partial charge in [-0.1, -0.05) is 13.8 Å². The summed E-state index contributed by atoms with van der Waals surface area (Å²) < 4.78 is 0. The summed E-state index contributed by atoms with van der Waals surface area (Å²) >= 11 is 0. The summed E-state index contributed by atoms with van der Waals surface area (Å²) in [5.41, 5.74) is 2.42. The number of carboxylic acid groups (broad SMARTS) is 1. The van der Waals surface area contributed by atoms with Crippen molar-refractivity contribution in [2.75, 3.05) is 19.6 Å². The van der Waals surface area contributed by atoms with Crippen molar-refractivity contribution >= 4 is 6.09 Å². The van der Waals surface area contributed by atoms with Gasteiger partial charge in [0.15, 0.2) is 0 Å². The topological polar surface area (TPSA) is 72.5 Å². The lowest BCUT2D eigenvalue weighted by atomic mass is 9.84. The van der Waals surface area contributed by atoms with Crippen LogP contribution >= 0.6 is 0 Å². The van der Waals surface area contributed by atoms with Gasteiger partial charge in [-0.2, -0.15) is 0 Å². The van der Waals surface area contributed by atoms with Crippen LogP contribution in [-0.2, 0) is 6.42 Å². The van der Waals surface area contributed by atoms with Gasteiger partial charge in [-0.3, -0.25) is 4.90 Å². The number of H-pyrrole nitrogens is 1. The molecule has 3 rings (SSSR count). The smallest absolute Gasteiger partial charge is 0.407 e. The van der Waals surface area contributed by atoms with Crippen LogP contribution in [0.15, 0.2) is 0 Å². The molecule has 0 bridgehead atoms. The van der Waals surface area contributed by atoms with Crippen molar-refractivity contribution in [3.05, 3.63) is 17.2 Å². The molecule has 0 aromatic carbocycles. The van der Waals surface area contributed by atoms with E-state index < -0.39 is 6.09 Å². The Morgan fingerprint density at radius 1 is 1.23 bits per heavy atom. The minimum Gasteiger partial charge on any atom is -0.465 e. The molecule has 1 saturated heterocycles. The lowest BCUT2D eigenvalue weighted by Crippen LogP contribution is -2.46. The van der Waals surface area contributed by atoms with Gasteiger partial charge in [0.25, 0.3) is 0 Å². The number of amides is 1. The second-order valence-corrected chi connectivity index (χ2v) is 7.94. The second kappa shape index (κ2) is 8.42. The van der Waals surface area contributed by atoms with Crippen molar-refractivity contribution in [1.29, 1.82) is 0 Å². The van der Waals surface area contributed by atoms with Gasteiger partial charge < -0.3 is 15.0 Å². The summed E-state index contributed by atoms with van der Waals surface area (Å²) in [6.07, 6.45) is 6.80. The molecule has 1 saturated carbocycles. The van der Waals surface area contributed by atoms with Crippen LogP contribution in [0, 0.1) is 6.92 Å². The molecule has 1 aliphatic heterocycles. The van der Waals surface area contributed by atoms with Crippen molar-refractivity contribution < 1.29 is 9.90 Å². The first-order valence-corrected chi connectivity index (χ1v) is 10.3. The van der Waals surface area contributed by atoms with Crippen LogP contribution in [0.3, 0.4) is 0 Å². The molecule has 1 aromatic rings. The van der Waals surface area contributed by atoms with Crippen LogP contribution < -0.4 is 0 Å². The van der Waals surface area contributed by atoms with Crippen molar-refractivity contribution in [1.82, 2.24) is 19.8 Å². The van der Waals surface area contributed by atoms with E-state index in [9.17, 15) is 9.90 Å². The van der Waals surface area contributed by atoms with Gasteiger partial charge >= 0.3 is 6.09 Å². The van der Waals surface area contributed by atoms with E-state index in [1.165, 1.54) is 42.9 Å². The summed E-state index contributed by atoms with van der Waals surface area (Å²) in [5.74, 6) is 1.73. The Morgan fingerprint density at radius 2 is 1.96 bits per heavy atom. The van der Waals surface area contributed by atoms with Crippen LogP contribution in [-0.4, -0.2) is 62.7 Å². The van der Waals surface area contributed by atoms with Gasteiger partial charge in [0.05, 0.1) is 5.69 Å². The molecule has 1 unspecified atom stereocenters. The van der Waals surface area contributed by atoms with E-state index in [0.717, 1.165) is 32.4 Å². The third-order valence-corrected chi connectivity index (χ3v) is 6.39. The fourth-order valence-corrected chi connectivity index (χ4v) is 4.79. The fourth-order valence-electron chi connectivity index (χ4n) is 4.79. The number of hydrogen-bond donors (Lipinski definition) is 2. The first-order chi connectivity index (χ1) is 12.5. The van der Waals surface area contributed by atoms with Crippen molar-refractivity contribution in [2.24, 2.45) is 0 Å². The van der Waals surface area contributed by atoms with Crippen LogP contribution in [0.4, 0.5) is 4.79 Å². The number of nitrogens with zero attached hydrogens (tertiary/aromatic N) is 3. The molecule has 26 heavy (non-hydrogen) atoms. The second-order valence-electron chi connectivity index (χ2n) is 7.94. The molecule has 6 nitrogen and oxygen atoms in total. The van der Waals surface area contributed by atoms with Gasteiger partial charge in [0.2, 0.25) is 0 Å². The molecule has 1 atom stereocenters. The Bertz CT molecular complexity index is 607. The van der Waals surface area contributed by atoms with Gasteiger partial charge in [-0.15, -0.1) is 0 Å². The molecular formula is C20H34N4O2. The van der Waals surface area contributed by atoms with Gasteiger partial charge in [-0.05, 0) is 51.9 Å². The molecule has 2 N–H and O–H groups in total. The maximum absolute atomic E-state index is 11.5. The maximum atomic E-state index is 11.5. The highest BCUT2D eigenvalue weighted by atomic mass is 16.4. The average molecular weight is 363 g/mol. The Morgan fingerprint density at radius 3 is 2.54 bits per heavy atom. The number of nitrogens with one attached hydrogen (secondary N) is 1. The highest BCUT2D eigenvalue weighted by Gasteiger charge is 2.33. The Labute approximate surface area is 157 Å². The number of hydrogen-bond acceptors (Lipinski definition) is 3. The maximum Gasteiger partial charge on any atom is 0.407 e. The summed E-state index contributed by atoms with van der Waals surface area (Å²) in [4.78, 5) is 24.1. The number of aromatic amines is 1. The quantitative estimate of drug-likeness (QED) is 0.855. The first-order valence-electron chi connectivity index (χ1n) is 10.3. The number of rotatable bonds is 4. The van der Waals surface area contributed by atoms with Crippen LogP contribution in [0.1, 0.15) is 75.5 Å². The van der Waals surface area contributed by atoms with Crippen LogP contribution in [0.5, 0.6) is 0 Å². The van der Waals surface area contributed by atoms with Gasteiger partial charge in [-0.25, -0.2) is 9.78 Å². The summed E-state index contributed by atoms with van der Waals surface area (Å²) in [7, 11) is 0. The summed E-state index contributed by atoms with van der Waals surface area (Å²) in [6, 6.07) is 0.725. The molecule has 0 spiro atoms. The highest BCUT2D eigenvalue weighted by molar-refractivity contribution is 5.65. The minimum absolute atomic E-state index is 0.132. The first kappa shape index (κ1) is 19.2. The Hall–Kier alpha value is -1.56. The predicted molar refractivity (Wildman–Crippen MR) is 103 cm³/mol. The van der Waals surface area contributed by atoms with E-state index in [-0.39, 0.29) is 6.04 Å². The van der Waals surface area contributed by atoms with Gasteiger partial charge in [0, 0.05) is 43.3 Å². The lowest BCUT2D eigenvalue weighted by Gasteiger charge is -2.37. The minimum atomic E-state index is -0.762. The third-order valence-electron chi connectivity index (χ3n) is 6.39. The Kier molecular flexibility index (Phi) is 6.22. The van der Waals surface area contributed by atoms with E-state index in [4.69, 9.17) is 4.98 Å². The summed E-state index contributed by atoms with van der Waals surface area (Å²) in [5, 5.41) is 9.46. The van der Waals surface area contributed by atoms with E-state index >= 15 is 0 Å². The molecule has 6 heteroatoms. The standard InChI is InChI=1S/C20H34N4O2/c1-4-16-13-23(11-6-12-24(16)20(25)26)17-9-7-15(8-10-17)19-21-14(3)18(5-2)22-19/h15-17H,4-13H2,1-3H3,(H,21,22)(H,25,26). The van der Waals surface area contributed by atoms with Crippen LogP contribution in [0.25, 0.3) is 0 Å². The zero-order valence-electron chi connectivity index (χ0n) is 16.5. The normalized spacial score (nSPS) is 28.1. The van der Waals surface area contributed by atoms with E-state index in [1.807, 2.05) is 0 Å². The van der Waals surface area contributed by atoms with Gasteiger partial charge in [0.1, 0.15) is 5.82 Å². The zero-order chi connectivity index (χ0) is 18.7. The molecular weight excluding hydrogens is 328 g/mol. The SMILES string of the molecule is CCc1nc(C2CCC(N3CCCN(C(=O)O)C(CC)C3)CC2)[nH]c1C. The molecule has 2 fully saturated rings. The molecule has 2 aliphatic rings. The number of aromatic nitrogens is 2. The van der Waals surface area contributed by atoms with E-state index in [1.54, 1.807) is 4.90 Å². The van der Waals surface area contributed by atoms with E-state index in [0.29, 0.717) is 18.5 Å². The lowest BCUT2D eigenvalue weighted by molar-refractivity contribution is 0.105. The van der Waals surface area contributed by atoms with Crippen molar-refractivity contribution in [2.45, 2.75) is 83.7 Å².